The van der Waals surface area contributed by atoms with Crippen LogP contribution in [0.15, 0.2) is 48.5 Å². The molecular weight excluding hydrogens is 364 g/mol. The summed E-state index contributed by atoms with van der Waals surface area (Å²) in [5.74, 6) is 0.687. The smallest absolute Gasteiger partial charge is 0.252 e. The number of benzene rings is 2. The monoisotopic (exact) mass is 388 g/mol. The molecule has 27 heavy (non-hydrogen) atoms. The highest BCUT2D eigenvalue weighted by Crippen LogP contribution is 2.24. The van der Waals surface area contributed by atoms with Crippen molar-refractivity contribution in [2.45, 2.75) is 13.0 Å². The van der Waals surface area contributed by atoms with Crippen LogP contribution in [0, 0.1) is 0 Å². The van der Waals surface area contributed by atoms with Gasteiger partial charge in [-0.25, -0.2) is 0 Å². The van der Waals surface area contributed by atoms with Gasteiger partial charge in [-0.15, -0.1) is 0 Å². The highest BCUT2D eigenvalue weighted by Gasteiger charge is 2.23. The van der Waals surface area contributed by atoms with Gasteiger partial charge in [-0.1, -0.05) is 35.9 Å². The molecule has 1 heterocycles. The number of ether oxygens (including phenoxy) is 2. The van der Waals surface area contributed by atoms with Crippen molar-refractivity contribution < 1.29 is 14.3 Å². The Labute approximate surface area is 165 Å². The Bertz CT molecular complexity index is 745. The maximum absolute atomic E-state index is 12.6. The molecule has 144 valence electrons. The van der Waals surface area contributed by atoms with E-state index in [1.807, 2.05) is 31.2 Å². The number of nitrogens with one attached hydrogen (secondary N) is 1. The van der Waals surface area contributed by atoms with Crippen molar-refractivity contribution in [1.29, 1.82) is 0 Å². The number of halogens is 1. The van der Waals surface area contributed by atoms with Gasteiger partial charge in [0.2, 0.25) is 0 Å². The minimum absolute atomic E-state index is 0.0658. The first kappa shape index (κ1) is 19.7. The molecule has 3 rings (SSSR count). The lowest BCUT2D eigenvalue weighted by Gasteiger charge is -2.35. The second-order valence-electron chi connectivity index (χ2n) is 6.36. The molecule has 2 aromatic rings. The van der Waals surface area contributed by atoms with Gasteiger partial charge in [0.05, 0.1) is 36.4 Å². The Morgan fingerprint density at radius 1 is 1.19 bits per heavy atom. The van der Waals surface area contributed by atoms with Crippen molar-refractivity contribution in [2.24, 2.45) is 0 Å². The molecule has 2 aromatic carbocycles. The average molecular weight is 389 g/mol. The Hall–Kier alpha value is -2.08. The molecular formula is C21H25ClN2O3. The van der Waals surface area contributed by atoms with Gasteiger partial charge in [0.25, 0.3) is 5.91 Å². The Morgan fingerprint density at radius 3 is 2.56 bits per heavy atom. The summed E-state index contributed by atoms with van der Waals surface area (Å²) in [5, 5.41) is 3.50. The molecule has 5 nitrogen and oxygen atoms in total. The van der Waals surface area contributed by atoms with Crippen LogP contribution >= 0.6 is 11.6 Å². The van der Waals surface area contributed by atoms with Crippen LogP contribution in [0.1, 0.15) is 28.9 Å². The standard InChI is InChI=1S/C21H25ClN2O3/c1-2-27-17-9-7-16(8-10-17)20(24-11-13-26-14-12-24)15-23-21(25)18-5-3-4-6-19(18)22/h3-10,20H,2,11-15H2,1H3,(H,23,25). The minimum atomic E-state index is -0.162. The van der Waals surface area contributed by atoms with Crippen LogP contribution in [-0.4, -0.2) is 50.3 Å². The highest BCUT2D eigenvalue weighted by atomic mass is 35.5. The van der Waals surface area contributed by atoms with Crippen molar-refractivity contribution in [2.75, 3.05) is 39.5 Å². The summed E-state index contributed by atoms with van der Waals surface area (Å²) < 4.78 is 11.0. The fourth-order valence-electron chi connectivity index (χ4n) is 3.23. The van der Waals surface area contributed by atoms with Gasteiger partial charge in [-0.2, -0.15) is 0 Å². The van der Waals surface area contributed by atoms with Crippen LogP contribution in [0.4, 0.5) is 0 Å². The van der Waals surface area contributed by atoms with Crippen molar-refractivity contribution in [3.63, 3.8) is 0 Å². The first-order valence-electron chi connectivity index (χ1n) is 9.26. The molecule has 1 fully saturated rings. The molecule has 0 bridgehead atoms. The van der Waals surface area contributed by atoms with E-state index >= 15 is 0 Å². The number of rotatable bonds is 7. The molecule has 1 aliphatic rings. The predicted octanol–water partition coefficient (Wildman–Crippen LogP) is 3.54. The number of carbonyl (C=O) groups is 1. The molecule has 0 spiro atoms. The van der Waals surface area contributed by atoms with Gasteiger partial charge in [-0.05, 0) is 36.8 Å². The topological polar surface area (TPSA) is 50.8 Å². The molecule has 0 aliphatic carbocycles. The van der Waals surface area contributed by atoms with Crippen molar-refractivity contribution >= 4 is 17.5 Å². The maximum atomic E-state index is 12.6. The Balaban J connectivity index is 1.73. The highest BCUT2D eigenvalue weighted by molar-refractivity contribution is 6.33. The van der Waals surface area contributed by atoms with Gasteiger partial charge in [0, 0.05) is 19.6 Å². The average Bonchev–Trinajstić information content (AvgIpc) is 2.70. The lowest BCUT2D eigenvalue weighted by atomic mass is 10.0. The fraction of sp³-hybridized carbons (Fsp3) is 0.381. The summed E-state index contributed by atoms with van der Waals surface area (Å²) in [5.41, 5.74) is 1.63. The summed E-state index contributed by atoms with van der Waals surface area (Å²) >= 11 is 6.15. The van der Waals surface area contributed by atoms with E-state index in [1.54, 1.807) is 12.1 Å². The molecule has 1 saturated heterocycles. The molecule has 0 aromatic heterocycles. The zero-order chi connectivity index (χ0) is 19.1. The molecule has 0 radical (unpaired) electrons. The van der Waals surface area contributed by atoms with Crippen molar-refractivity contribution in [3.05, 3.63) is 64.7 Å². The summed E-state index contributed by atoms with van der Waals surface area (Å²) in [6.45, 7) is 6.17. The number of amides is 1. The summed E-state index contributed by atoms with van der Waals surface area (Å²) in [6.07, 6.45) is 0. The first-order chi connectivity index (χ1) is 13.2. The van der Waals surface area contributed by atoms with E-state index < -0.39 is 0 Å². The fourth-order valence-corrected chi connectivity index (χ4v) is 3.45. The molecule has 1 N–H and O–H groups in total. The molecule has 1 unspecified atom stereocenters. The molecule has 1 aliphatic heterocycles. The third-order valence-corrected chi connectivity index (χ3v) is 4.97. The lowest BCUT2D eigenvalue weighted by Crippen LogP contribution is -2.43. The number of hydrogen-bond acceptors (Lipinski definition) is 4. The molecule has 0 saturated carbocycles. The number of morpholine rings is 1. The largest absolute Gasteiger partial charge is 0.494 e. The number of hydrogen-bond donors (Lipinski definition) is 1. The zero-order valence-corrected chi connectivity index (χ0v) is 16.2. The van der Waals surface area contributed by atoms with Gasteiger partial charge in [0.1, 0.15) is 5.75 Å². The Kier molecular flexibility index (Phi) is 7.10. The maximum Gasteiger partial charge on any atom is 0.252 e. The summed E-state index contributed by atoms with van der Waals surface area (Å²) in [6, 6.07) is 15.2. The van der Waals surface area contributed by atoms with E-state index in [0.717, 1.165) is 24.4 Å². The van der Waals surface area contributed by atoms with Gasteiger partial charge in [0.15, 0.2) is 0 Å². The van der Waals surface area contributed by atoms with Crippen LogP contribution in [0.5, 0.6) is 5.75 Å². The lowest BCUT2D eigenvalue weighted by molar-refractivity contribution is 0.0162. The van der Waals surface area contributed by atoms with E-state index in [9.17, 15) is 4.79 Å². The van der Waals surface area contributed by atoms with Crippen LogP contribution in [0.2, 0.25) is 5.02 Å². The Morgan fingerprint density at radius 2 is 1.89 bits per heavy atom. The van der Waals surface area contributed by atoms with Crippen LogP contribution in [0.25, 0.3) is 0 Å². The van der Waals surface area contributed by atoms with E-state index in [0.29, 0.717) is 37.0 Å². The number of carbonyl (C=O) groups excluding carboxylic acids is 1. The van der Waals surface area contributed by atoms with Crippen molar-refractivity contribution in [3.8, 4) is 5.75 Å². The normalized spacial score (nSPS) is 15.9. The third-order valence-electron chi connectivity index (χ3n) is 4.64. The van der Waals surface area contributed by atoms with Gasteiger partial charge >= 0.3 is 0 Å². The van der Waals surface area contributed by atoms with E-state index in [2.05, 4.69) is 22.3 Å². The van der Waals surface area contributed by atoms with E-state index in [4.69, 9.17) is 21.1 Å². The van der Waals surface area contributed by atoms with Crippen LogP contribution < -0.4 is 10.1 Å². The zero-order valence-electron chi connectivity index (χ0n) is 15.5. The van der Waals surface area contributed by atoms with E-state index in [1.165, 1.54) is 0 Å². The van der Waals surface area contributed by atoms with Gasteiger partial charge < -0.3 is 14.8 Å². The predicted molar refractivity (Wildman–Crippen MR) is 107 cm³/mol. The SMILES string of the molecule is CCOc1ccc(C(CNC(=O)c2ccccc2Cl)N2CCOCC2)cc1. The third kappa shape index (κ3) is 5.22. The molecule has 1 atom stereocenters. The van der Waals surface area contributed by atoms with E-state index in [-0.39, 0.29) is 11.9 Å². The quantitative estimate of drug-likeness (QED) is 0.788. The molecule has 1 amide bonds. The van der Waals surface area contributed by atoms with Crippen LogP contribution in [0.3, 0.4) is 0 Å². The summed E-state index contributed by atoms with van der Waals surface area (Å²) in [7, 11) is 0. The van der Waals surface area contributed by atoms with Gasteiger partial charge in [-0.3, -0.25) is 9.69 Å². The molecule has 6 heteroatoms. The second kappa shape index (κ2) is 9.74. The summed E-state index contributed by atoms with van der Waals surface area (Å²) in [4.78, 5) is 14.9. The van der Waals surface area contributed by atoms with Crippen molar-refractivity contribution in [1.82, 2.24) is 10.2 Å². The van der Waals surface area contributed by atoms with Crippen LogP contribution in [-0.2, 0) is 4.74 Å². The first-order valence-corrected chi connectivity index (χ1v) is 9.64. The second-order valence-corrected chi connectivity index (χ2v) is 6.76. The minimum Gasteiger partial charge on any atom is -0.494 e. The number of nitrogens with zero attached hydrogens (tertiary/aromatic N) is 1.